The summed E-state index contributed by atoms with van der Waals surface area (Å²) in [7, 11) is 1.74. The summed E-state index contributed by atoms with van der Waals surface area (Å²) in [6, 6.07) is 4.33. The number of methoxy groups -OCH3 is 1. The molecule has 2 rings (SSSR count). The molecule has 15 heavy (non-hydrogen) atoms. The molecule has 0 unspecified atom stereocenters. The lowest BCUT2D eigenvalue weighted by atomic mass is 9.90. The molecule has 0 bridgehead atoms. The average Bonchev–Trinajstić information content (AvgIpc) is 2.97. The van der Waals surface area contributed by atoms with Crippen LogP contribution in [0, 0.1) is 13.8 Å². The Kier molecular flexibility index (Phi) is 2.47. The molecule has 2 nitrogen and oxygen atoms in total. The standard InChI is InChI=1S/C13H19NO/c1-9-6-10(2)12(11(7-9)15-3)13(8-14)4-5-13/h6-7H,4-5,8,14H2,1-3H3. The van der Waals surface area contributed by atoms with Crippen LogP contribution < -0.4 is 10.5 Å². The van der Waals surface area contributed by atoms with Gasteiger partial charge in [-0.25, -0.2) is 0 Å². The molecule has 0 atom stereocenters. The fourth-order valence-electron chi connectivity index (χ4n) is 2.48. The maximum atomic E-state index is 5.88. The highest BCUT2D eigenvalue weighted by Gasteiger charge is 2.45. The van der Waals surface area contributed by atoms with Gasteiger partial charge in [-0.3, -0.25) is 0 Å². The summed E-state index contributed by atoms with van der Waals surface area (Å²) in [4.78, 5) is 0. The van der Waals surface area contributed by atoms with E-state index >= 15 is 0 Å². The van der Waals surface area contributed by atoms with Crippen molar-refractivity contribution in [1.82, 2.24) is 0 Å². The minimum atomic E-state index is 0.211. The van der Waals surface area contributed by atoms with Gasteiger partial charge in [0.05, 0.1) is 7.11 Å². The first kappa shape index (κ1) is 10.5. The van der Waals surface area contributed by atoms with Gasteiger partial charge in [-0.15, -0.1) is 0 Å². The molecule has 82 valence electrons. The van der Waals surface area contributed by atoms with E-state index in [0.717, 1.165) is 12.3 Å². The van der Waals surface area contributed by atoms with E-state index in [-0.39, 0.29) is 5.41 Å². The van der Waals surface area contributed by atoms with E-state index in [1.165, 1.54) is 29.5 Å². The van der Waals surface area contributed by atoms with Crippen LogP contribution in [0.15, 0.2) is 12.1 Å². The van der Waals surface area contributed by atoms with Crippen LogP contribution in [0.5, 0.6) is 5.75 Å². The van der Waals surface area contributed by atoms with Crippen LogP contribution >= 0.6 is 0 Å². The molecule has 0 radical (unpaired) electrons. The molecule has 0 saturated heterocycles. The van der Waals surface area contributed by atoms with Gasteiger partial charge in [0.15, 0.2) is 0 Å². The fraction of sp³-hybridized carbons (Fsp3) is 0.538. The van der Waals surface area contributed by atoms with Gasteiger partial charge >= 0.3 is 0 Å². The molecule has 1 saturated carbocycles. The lowest BCUT2D eigenvalue weighted by Crippen LogP contribution is -2.21. The second kappa shape index (κ2) is 3.53. The zero-order chi connectivity index (χ0) is 11.1. The van der Waals surface area contributed by atoms with Crippen molar-refractivity contribution in [2.45, 2.75) is 32.1 Å². The van der Waals surface area contributed by atoms with Crippen molar-refractivity contribution in [2.24, 2.45) is 5.73 Å². The molecule has 2 N–H and O–H groups in total. The molecule has 1 aliphatic carbocycles. The highest BCUT2D eigenvalue weighted by Crippen LogP contribution is 2.51. The normalized spacial score (nSPS) is 17.6. The molecule has 0 heterocycles. The third kappa shape index (κ3) is 1.63. The van der Waals surface area contributed by atoms with Crippen molar-refractivity contribution in [1.29, 1.82) is 0 Å². The van der Waals surface area contributed by atoms with Crippen LogP contribution in [0.25, 0.3) is 0 Å². The summed E-state index contributed by atoms with van der Waals surface area (Å²) in [5.41, 5.74) is 9.98. The van der Waals surface area contributed by atoms with E-state index in [2.05, 4.69) is 26.0 Å². The van der Waals surface area contributed by atoms with Gasteiger partial charge in [-0.05, 0) is 43.9 Å². The number of rotatable bonds is 3. The van der Waals surface area contributed by atoms with E-state index in [1.54, 1.807) is 7.11 Å². The summed E-state index contributed by atoms with van der Waals surface area (Å²) in [5.74, 6) is 1.01. The zero-order valence-electron chi connectivity index (χ0n) is 9.76. The summed E-state index contributed by atoms with van der Waals surface area (Å²) < 4.78 is 5.48. The maximum Gasteiger partial charge on any atom is 0.123 e. The van der Waals surface area contributed by atoms with Gasteiger partial charge in [0.1, 0.15) is 5.75 Å². The largest absolute Gasteiger partial charge is 0.496 e. The Morgan fingerprint density at radius 1 is 1.33 bits per heavy atom. The lowest BCUT2D eigenvalue weighted by Gasteiger charge is -2.20. The monoisotopic (exact) mass is 205 g/mol. The van der Waals surface area contributed by atoms with Gasteiger partial charge in [0.2, 0.25) is 0 Å². The van der Waals surface area contributed by atoms with Crippen LogP contribution in [0.3, 0.4) is 0 Å². The Labute approximate surface area is 91.4 Å². The first-order valence-electron chi connectivity index (χ1n) is 5.49. The molecular weight excluding hydrogens is 186 g/mol. The molecule has 0 amide bonds. The molecule has 1 fully saturated rings. The van der Waals surface area contributed by atoms with Crippen molar-refractivity contribution in [3.63, 3.8) is 0 Å². The Balaban J connectivity index is 2.54. The molecule has 1 aromatic rings. The Bertz CT molecular complexity index is 380. The van der Waals surface area contributed by atoms with Gasteiger partial charge < -0.3 is 10.5 Å². The quantitative estimate of drug-likeness (QED) is 0.821. The SMILES string of the molecule is COc1cc(C)cc(C)c1C1(CN)CC1. The molecule has 0 aliphatic heterocycles. The fourth-order valence-corrected chi connectivity index (χ4v) is 2.48. The zero-order valence-corrected chi connectivity index (χ0v) is 9.76. The predicted molar refractivity (Wildman–Crippen MR) is 62.4 cm³/mol. The summed E-state index contributed by atoms with van der Waals surface area (Å²) in [6.07, 6.45) is 2.40. The molecule has 1 aliphatic rings. The van der Waals surface area contributed by atoms with Crippen LogP contribution in [0.4, 0.5) is 0 Å². The predicted octanol–water partition coefficient (Wildman–Crippen LogP) is 2.30. The molecule has 1 aromatic carbocycles. The highest BCUT2D eigenvalue weighted by molar-refractivity contribution is 5.50. The molecule has 2 heteroatoms. The summed E-state index contributed by atoms with van der Waals surface area (Å²) in [6.45, 7) is 4.98. The number of nitrogens with two attached hydrogens (primary N) is 1. The highest BCUT2D eigenvalue weighted by atomic mass is 16.5. The Morgan fingerprint density at radius 3 is 2.47 bits per heavy atom. The topological polar surface area (TPSA) is 35.2 Å². The second-order valence-electron chi connectivity index (χ2n) is 4.64. The van der Waals surface area contributed by atoms with Crippen molar-refractivity contribution >= 4 is 0 Å². The van der Waals surface area contributed by atoms with Crippen molar-refractivity contribution in [2.75, 3.05) is 13.7 Å². The molecule has 0 spiro atoms. The lowest BCUT2D eigenvalue weighted by molar-refractivity contribution is 0.403. The maximum absolute atomic E-state index is 5.88. The van der Waals surface area contributed by atoms with Crippen molar-refractivity contribution < 1.29 is 4.74 Å². The number of benzene rings is 1. The summed E-state index contributed by atoms with van der Waals surface area (Å²) >= 11 is 0. The van der Waals surface area contributed by atoms with Gasteiger partial charge in [0, 0.05) is 17.5 Å². The van der Waals surface area contributed by atoms with Gasteiger partial charge in [0.25, 0.3) is 0 Å². The first-order valence-corrected chi connectivity index (χ1v) is 5.49. The van der Waals surface area contributed by atoms with Gasteiger partial charge in [-0.1, -0.05) is 6.07 Å². The molecule has 0 aromatic heterocycles. The molecular formula is C13H19NO. The number of hydrogen-bond donors (Lipinski definition) is 1. The second-order valence-corrected chi connectivity index (χ2v) is 4.64. The van der Waals surface area contributed by atoms with E-state index < -0.39 is 0 Å². The number of ether oxygens (including phenoxy) is 1. The number of aryl methyl sites for hydroxylation is 2. The van der Waals surface area contributed by atoms with E-state index in [0.29, 0.717) is 0 Å². The number of hydrogen-bond acceptors (Lipinski definition) is 2. The van der Waals surface area contributed by atoms with Gasteiger partial charge in [-0.2, -0.15) is 0 Å². The first-order chi connectivity index (χ1) is 7.13. The van der Waals surface area contributed by atoms with Crippen LogP contribution in [0.1, 0.15) is 29.5 Å². The minimum Gasteiger partial charge on any atom is -0.496 e. The van der Waals surface area contributed by atoms with Crippen LogP contribution in [-0.2, 0) is 5.41 Å². The minimum absolute atomic E-state index is 0.211. The average molecular weight is 205 g/mol. The van der Waals surface area contributed by atoms with E-state index in [4.69, 9.17) is 10.5 Å². The van der Waals surface area contributed by atoms with E-state index in [1.807, 2.05) is 0 Å². The van der Waals surface area contributed by atoms with E-state index in [9.17, 15) is 0 Å². The van der Waals surface area contributed by atoms with Crippen molar-refractivity contribution in [3.8, 4) is 5.75 Å². The third-order valence-electron chi connectivity index (χ3n) is 3.44. The van der Waals surface area contributed by atoms with Crippen LogP contribution in [0.2, 0.25) is 0 Å². The third-order valence-corrected chi connectivity index (χ3v) is 3.44. The Morgan fingerprint density at radius 2 is 2.00 bits per heavy atom. The Hall–Kier alpha value is -1.02. The smallest absolute Gasteiger partial charge is 0.123 e. The van der Waals surface area contributed by atoms with Crippen molar-refractivity contribution in [3.05, 3.63) is 28.8 Å². The van der Waals surface area contributed by atoms with Crippen LogP contribution in [-0.4, -0.2) is 13.7 Å². The summed E-state index contributed by atoms with van der Waals surface area (Å²) in [5, 5.41) is 0.